The molecule has 3 nitrogen and oxygen atoms in total. The van der Waals surface area contributed by atoms with E-state index in [4.69, 9.17) is 0 Å². The van der Waals surface area contributed by atoms with Gasteiger partial charge in [-0.15, -0.1) is 0 Å². The van der Waals surface area contributed by atoms with Crippen LogP contribution >= 0.6 is 0 Å². The second-order valence-electron chi connectivity index (χ2n) is 3.11. The van der Waals surface area contributed by atoms with Crippen LogP contribution in [-0.4, -0.2) is 43.4 Å². The second kappa shape index (κ2) is 2.97. The van der Waals surface area contributed by atoms with E-state index < -0.39 is 12.0 Å². The Bertz CT molecular complexity index is 196. The van der Waals surface area contributed by atoms with Crippen LogP contribution in [0.3, 0.4) is 0 Å². The molecule has 1 fully saturated rings. The number of carbonyl (C=O) groups excluding carboxylic acids is 1. The summed E-state index contributed by atoms with van der Waals surface area (Å²) < 4.78 is 25.4. The summed E-state index contributed by atoms with van der Waals surface area (Å²) in [5.74, 6) is -3.05. The Hall–Kier alpha value is -0.710. The third-order valence-corrected chi connectivity index (χ3v) is 2.05. The van der Waals surface area contributed by atoms with Crippen LogP contribution in [0.4, 0.5) is 8.78 Å². The Morgan fingerprint density at radius 1 is 1.67 bits per heavy atom. The summed E-state index contributed by atoms with van der Waals surface area (Å²) in [7, 11) is 2.98. The Kier molecular flexibility index (Phi) is 2.32. The van der Waals surface area contributed by atoms with Gasteiger partial charge in [0.05, 0.1) is 12.6 Å². The second-order valence-corrected chi connectivity index (χ2v) is 3.11. The van der Waals surface area contributed by atoms with E-state index in [-0.39, 0.29) is 18.9 Å². The molecule has 0 aromatic rings. The number of rotatable bonds is 1. The van der Waals surface area contributed by atoms with E-state index in [1.807, 2.05) is 0 Å². The van der Waals surface area contributed by atoms with Crippen LogP contribution in [0.5, 0.6) is 0 Å². The summed E-state index contributed by atoms with van der Waals surface area (Å²) in [4.78, 5) is 12.4. The van der Waals surface area contributed by atoms with Crippen molar-refractivity contribution in [2.75, 3.05) is 20.6 Å². The highest BCUT2D eigenvalue weighted by Gasteiger charge is 2.45. The van der Waals surface area contributed by atoms with Gasteiger partial charge in [0.2, 0.25) is 5.91 Å². The van der Waals surface area contributed by atoms with Gasteiger partial charge in [-0.3, -0.25) is 9.69 Å². The molecule has 0 aromatic heterocycles. The third-order valence-electron chi connectivity index (χ3n) is 2.05. The maximum atomic E-state index is 12.7. The molecule has 1 atom stereocenters. The molecule has 1 rings (SSSR count). The SMILES string of the molecule is CNC(=O)[C@@H]1CC(F)(F)CN1C. The molecule has 0 spiro atoms. The van der Waals surface area contributed by atoms with E-state index >= 15 is 0 Å². The molecule has 5 heteroatoms. The van der Waals surface area contributed by atoms with Gasteiger partial charge in [0.15, 0.2) is 0 Å². The zero-order chi connectivity index (χ0) is 9.35. The van der Waals surface area contributed by atoms with E-state index in [1.165, 1.54) is 19.0 Å². The summed E-state index contributed by atoms with van der Waals surface area (Å²) in [6.07, 6.45) is -0.372. The fourth-order valence-electron chi connectivity index (χ4n) is 1.44. The van der Waals surface area contributed by atoms with Gasteiger partial charge in [0.25, 0.3) is 5.92 Å². The first kappa shape index (κ1) is 9.38. The Morgan fingerprint density at radius 2 is 2.25 bits per heavy atom. The molecule has 1 amide bonds. The molecule has 1 N–H and O–H groups in total. The average Bonchev–Trinajstić information content (AvgIpc) is 2.23. The van der Waals surface area contributed by atoms with Crippen LogP contribution in [0.15, 0.2) is 0 Å². The number of carbonyl (C=O) groups is 1. The summed E-state index contributed by atoms with van der Waals surface area (Å²) in [5.41, 5.74) is 0. The molecule has 0 aromatic carbocycles. The summed E-state index contributed by atoms with van der Waals surface area (Å²) in [6, 6.07) is -0.676. The van der Waals surface area contributed by atoms with E-state index in [0.717, 1.165) is 0 Å². The quantitative estimate of drug-likeness (QED) is 0.616. The number of likely N-dealkylation sites (N-methyl/N-ethyl adjacent to an activating group) is 2. The van der Waals surface area contributed by atoms with Crippen molar-refractivity contribution >= 4 is 5.91 Å². The number of likely N-dealkylation sites (tertiary alicyclic amines) is 1. The van der Waals surface area contributed by atoms with Crippen molar-refractivity contribution in [2.24, 2.45) is 0 Å². The summed E-state index contributed by atoms with van der Waals surface area (Å²) in [5, 5.41) is 2.36. The lowest BCUT2D eigenvalue weighted by Gasteiger charge is -2.15. The lowest BCUT2D eigenvalue weighted by atomic mass is 10.2. The normalized spacial score (nSPS) is 28.8. The van der Waals surface area contributed by atoms with Crippen molar-refractivity contribution < 1.29 is 13.6 Å². The number of amides is 1. The zero-order valence-electron chi connectivity index (χ0n) is 7.10. The minimum atomic E-state index is -2.72. The van der Waals surface area contributed by atoms with E-state index in [2.05, 4.69) is 5.32 Å². The van der Waals surface area contributed by atoms with E-state index in [0.29, 0.717) is 0 Å². The van der Waals surface area contributed by atoms with Crippen LogP contribution in [-0.2, 0) is 4.79 Å². The van der Waals surface area contributed by atoms with E-state index in [9.17, 15) is 13.6 Å². The highest BCUT2D eigenvalue weighted by atomic mass is 19.3. The molecular weight excluding hydrogens is 166 g/mol. The predicted molar refractivity (Wildman–Crippen MR) is 40.0 cm³/mol. The lowest BCUT2D eigenvalue weighted by Crippen LogP contribution is -2.39. The number of nitrogens with one attached hydrogen (secondary N) is 1. The van der Waals surface area contributed by atoms with Gasteiger partial charge in [-0.1, -0.05) is 0 Å². The monoisotopic (exact) mass is 178 g/mol. The van der Waals surface area contributed by atoms with Crippen LogP contribution in [0.2, 0.25) is 0 Å². The molecule has 1 aliphatic rings. The first-order valence-corrected chi connectivity index (χ1v) is 3.76. The smallest absolute Gasteiger partial charge is 0.262 e. The van der Waals surface area contributed by atoms with Gasteiger partial charge in [-0.2, -0.15) is 0 Å². The Morgan fingerprint density at radius 3 is 2.58 bits per heavy atom. The fourth-order valence-corrected chi connectivity index (χ4v) is 1.44. The molecule has 1 saturated heterocycles. The molecule has 0 radical (unpaired) electrons. The van der Waals surface area contributed by atoms with Crippen molar-refractivity contribution in [3.05, 3.63) is 0 Å². The first-order chi connectivity index (χ1) is 5.46. The summed E-state index contributed by atoms with van der Waals surface area (Å²) >= 11 is 0. The minimum absolute atomic E-state index is 0.328. The van der Waals surface area contributed by atoms with Crippen molar-refractivity contribution in [2.45, 2.75) is 18.4 Å². The molecule has 0 aliphatic carbocycles. The van der Waals surface area contributed by atoms with Gasteiger partial charge < -0.3 is 5.32 Å². The molecule has 0 saturated carbocycles. The van der Waals surface area contributed by atoms with Crippen molar-refractivity contribution in [3.63, 3.8) is 0 Å². The van der Waals surface area contributed by atoms with Gasteiger partial charge in [0, 0.05) is 13.5 Å². The Labute approximate surface area is 69.7 Å². The number of halogens is 2. The molecule has 12 heavy (non-hydrogen) atoms. The van der Waals surface area contributed by atoms with Gasteiger partial charge in [-0.05, 0) is 7.05 Å². The maximum Gasteiger partial charge on any atom is 0.262 e. The van der Waals surface area contributed by atoms with Gasteiger partial charge >= 0.3 is 0 Å². The van der Waals surface area contributed by atoms with Crippen LogP contribution in [0.1, 0.15) is 6.42 Å². The standard InChI is InChI=1S/C7H12F2N2O/c1-10-6(12)5-3-7(8,9)4-11(5)2/h5H,3-4H2,1-2H3,(H,10,12)/t5-/m0/s1. The lowest BCUT2D eigenvalue weighted by molar-refractivity contribution is -0.124. The van der Waals surface area contributed by atoms with Gasteiger partial charge in [-0.25, -0.2) is 8.78 Å². The average molecular weight is 178 g/mol. The first-order valence-electron chi connectivity index (χ1n) is 3.76. The fraction of sp³-hybridized carbons (Fsp3) is 0.857. The maximum absolute atomic E-state index is 12.7. The molecule has 1 aliphatic heterocycles. The number of nitrogens with zero attached hydrogens (tertiary/aromatic N) is 1. The highest BCUT2D eigenvalue weighted by Crippen LogP contribution is 2.30. The highest BCUT2D eigenvalue weighted by molar-refractivity contribution is 5.81. The third kappa shape index (κ3) is 1.72. The zero-order valence-corrected chi connectivity index (χ0v) is 7.10. The number of hydrogen-bond acceptors (Lipinski definition) is 2. The molecule has 0 unspecified atom stereocenters. The molecule has 70 valence electrons. The largest absolute Gasteiger partial charge is 0.358 e. The Balaban J connectivity index is 2.64. The van der Waals surface area contributed by atoms with Gasteiger partial charge in [0.1, 0.15) is 0 Å². The van der Waals surface area contributed by atoms with E-state index in [1.54, 1.807) is 0 Å². The molecular formula is C7H12F2N2O. The van der Waals surface area contributed by atoms with Crippen molar-refractivity contribution in [1.82, 2.24) is 10.2 Å². The van der Waals surface area contributed by atoms with Crippen molar-refractivity contribution in [1.29, 1.82) is 0 Å². The summed E-state index contributed by atoms with van der Waals surface area (Å²) in [6.45, 7) is -0.328. The van der Waals surface area contributed by atoms with Crippen molar-refractivity contribution in [3.8, 4) is 0 Å². The molecule has 1 heterocycles. The van der Waals surface area contributed by atoms with Crippen LogP contribution < -0.4 is 5.32 Å². The van der Waals surface area contributed by atoms with Crippen LogP contribution in [0.25, 0.3) is 0 Å². The van der Waals surface area contributed by atoms with Crippen LogP contribution in [0, 0.1) is 0 Å². The topological polar surface area (TPSA) is 32.3 Å². The number of alkyl halides is 2. The number of hydrogen-bond donors (Lipinski definition) is 1. The predicted octanol–water partition coefficient (Wildman–Crippen LogP) is 0.0718. The molecule has 0 bridgehead atoms. The minimum Gasteiger partial charge on any atom is -0.358 e.